The van der Waals surface area contributed by atoms with Crippen LogP contribution in [0.4, 0.5) is 0 Å². The van der Waals surface area contributed by atoms with Crippen LogP contribution in [0.3, 0.4) is 0 Å². The molecule has 16 heavy (non-hydrogen) atoms. The molecule has 0 aliphatic carbocycles. The van der Waals surface area contributed by atoms with Crippen molar-refractivity contribution in [2.24, 2.45) is 5.92 Å². The lowest BCUT2D eigenvalue weighted by atomic mass is 9.93. The minimum atomic E-state index is -0.673. The molecule has 0 saturated heterocycles. The SMILES string of the molecule is O=C(CBr)C1Cc2ccc(Br)cc2OC1=O. The predicted molar refractivity (Wildman–Crippen MR) is 65.8 cm³/mol. The molecule has 0 aromatic heterocycles. The molecule has 1 aliphatic rings. The van der Waals surface area contributed by atoms with E-state index < -0.39 is 11.9 Å². The summed E-state index contributed by atoms with van der Waals surface area (Å²) in [5.41, 5.74) is 0.891. The fourth-order valence-corrected chi connectivity index (χ4v) is 2.34. The highest BCUT2D eigenvalue weighted by molar-refractivity contribution is 9.10. The van der Waals surface area contributed by atoms with Gasteiger partial charge in [0.25, 0.3) is 0 Å². The van der Waals surface area contributed by atoms with Crippen molar-refractivity contribution in [3.63, 3.8) is 0 Å². The molecule has 1 unspecified atom stereocenters. The number of alkyl halides is 1. The summed E-state index contributed by atoms with van der Waals surface area (Å²) in [6.07, 6.45) is 0.422. The molecule has 0 amide bonds. The standard InChI is InChI=1S/C11H8Br2O3/c12-5-9(14)8-3-6-1-2-7(13)4-10(6)16-11(8)15/h1-2,4,8H,3,5H2. The van der Waals surface area contributed by atoms with Gasteiger partial charge in [0, 0.05) is 4.47 Å². The summed E-state index contributed by atoms with van der Waals surface area (Å²) in [6, 6.07) is 5.47. The molecule has 1 atom stereocenters. The number of Topliss-reactive ketones (excluding diaryl/α,β-unsaturated/α-hetero) is 1. The first-order valence-corrected chi connectivity index (χ1v) is 6.62. The zero-order valence-electron chi connectivity index (χ0n) is 8.20. The van der Waals surface area contributed by atoms with Crippen LogP contribution in [-0.2, 0) is 16.0 Å². The molecule has 1 aromatic rings. The number of carbonyl (C=O) groups excluding carboxylic acids is 2. The van der Waals surface area contributed by atoms with Gasteiger partial charge in [0.1, 0.15) is 11.7 Å². The molecular weight excluding hydrogens is 340 g/mol. The van der Waals surface area contributed by atoms with Gasteiger partial charge in [-0.2, -0.15) is 0 Å². The Bertz CT molecular complexity index is 457. The molecule has 0 spiro atoms. The van der Waals surface area contributed by atoms with Gasteiger partial charge in [0.2, 0.25) is 0 Å². The highest BCUT2D eigenvalue weighted by Gasteiger charge is 2.33. The molecule has 2 rings (SSSR count). The first-order valence-electron chi connectivity index (χ1n) is 4.70. The minimum Gasteiger partial charge on any atom is -0.426 e. The lowest BCUT2D eigenvalue weighted by molar-refractivity contribution is -0.144. The molecule has 3 nitrogen and oxygen atoms in total. The topological polar surface area (TPSA) is 43.4 Å². The van der Waals surface area contributed by atoms with E-state index in [1.807, 2.05) is 12.1 Å². The van der Waals surface area contributed by atoms with Crippen LogP contribution >= 0.6 is 31.9 Å². The minimum absolute atomic E-state index is 0.140. The van der Waals surface area contributed by atoms with Crippen molar-refractivity contribution in [2.45, 2.75) is 6.42 Å². The Labute approximate surface area is 109 Å². The predicted octanol–water partition coefficient (Wildman–Crippen LogP) is 2.49. The van der Waals surface area contributed by atoms with Crippen molar-refractivity contribution in [2.75, 3.05) is 5.33 Å². The molecule has 0 saturated carbocycles. The number of esters is 1. The van der Waals surface area contributed by atoms with Gasteiger partial charge in [-0.1, -0.05) is 37.9 Å². The summed E-state index contributed by atoms with van der Waals surface area (Å²) in [7, 11) is 0. The molecular formula is C11H8Br2O3. The number of halogens is 2. The van der Waals surface area contributed by atoms with Crippen LogP contribution in [0.25, 0.3) is 0 Å². The van der Waals surface area contributed by atoms with E-state index >= 15 is 0 Å². The molecule has 1 aliphatic heterocycles. The highest BCUT2D eigenvalue weighted by atomic mass is 79.9. The average molecular weight is 348 g/mol. The molecule has 5 heteroatoms. The lowest BCUT2D eigenvalue weighted by Gasteiger charge is -2.21. The van der Waals surface area contributed by atoms with E-state index in [1.54, 1.807) is 6.07 Å². The normalized spacial score (nSPS) is 18.9. The van der Waals surface area contributed by atoms with E-state index in [4.69, 9.17) is 4.74 Å². The maximum Gasteiger partial charge on any atom is 0.322 e. The van der Waals surface area contributed by atoms with E-state index in [1.165, 1.54) is 0 Å². The fourth-order valence-electron chi connectivity index (χ4n) is 1.61. The summed E-state index contributed by atoms with van der Waals surface area (Å²) in [5.74, 6) is -0.736. The summed E-state index contributed by atoms with van der Waals surface area (Å²) >= 11 is 6.37. The van der Waals surface area contributed by atoms with Gasteiger partial charge in [0.05, 0.1) is 5.33 Å². The summed E-state index contributed by atoms with van der Waals surface area (Å²) in [6.45, 7) is 0. The third-order valence-electron chi connectivity index (χ3n) is 2.47. The third-order valence-corrected chi connectivity index (χ3v) is 3.51. The highest BCUT2D eigenvalue weighted by Crippen LogP contribution is 2.31. The number of carbonyl (C=O) groups is 2. The Morgan fingerprint density at radius 3 is 2.94 bits per heavy atom. The average Bonchev–Trinajstić information content (AvgIpc) is 2.27. The molecule has 0 N–H and O–H groups in total. The van der Waals surface area contributed by atoms with Gasteiger partial charge >= 0.3 is 5.97 Å². The monoisotopic (exact) mass is 346 g/mol. The maximum atomic E-state index is 11.6. The van der Waals surface area contributed by atoms with Crippen molar-refractivity contribution >= 4 is 43.6 Å². The molecule has 84 valence electrons. The van der Waals surface area contributed by atoms with Gasteiger partial charge in [0.15, 0.2) is 5.78 Å². The molecule has 1 heterocycles. The van der Waals surface area contributed by atoms with Crippen LogP contribution in [0.2, 0.25) is 0 Å². The second kappa shape index (κ2) is 4.67. The number of hydrogen-bond donors (Lipinski definition) is 0. The number of hydrogen-bond acceptors (Lipinski definition) is 3. The lowest BCUT2D eigenvalue weighted by Crippen LogP contribution is -2.34. The van der Waals surface area contributed by atoms with Crippen LogP contribution in [0.5, 0.6) is 5.75 Å². The van der Waals surface area contributed by atoms with Crippen LogP contribution in [-0.4, -0.2) is 17.1 Å². The summed E-state index contributed by atoms with van der Waals surface area (Å²) in [5, 5.41) is 0.179. The van der Waals surface area contributed by atoms with Crippen molar-refractivity contribution in [3.8, 4) is 5.75 Å². The number of rotatable bonds is 2. The number of ketones is 1. The third kappa shape index (κ3) is 2.20. The Kier molecular flexibility index (Phi) is 3.44. The van der Waals surface area contributed by atoms with E-state index in [0.29, 0.717) is 12.2 Å². The van der Waals surface area contributed by atoms with E-state index in [9.17, 15) is 9.59 Å². The zero-order chi connectivity index (χ0) is 11.7. The van der Waals surface area contributed by atoms with Crippen molar-refractivity contribution in [1.29, 1.82) is 0 Å². The van der Waals surface area contributed by atoms with E-state index in [-0.39, 0.29) is 11.1 Å². The van der Waals surface area contributed by atoms with Crippen LogP contribution < -0.4 is 4.74 Å². The first kappa shape index (κ1) is 11.8. The Balaban J connectivity index is 2.32. The second-order valence-electron chi connectivity index (χ2n) is 3.53. The summed E-state index contributed by atoms with van der Waals surface area (Å²) < 4.78 is 5.99. The van der Waals surface area contributed by atoms with Gasteiger partial charge in [-0.05, 0) is 24.1 Å². The fraction of sp³-hybridized carbons (Fsp3) is 0.273. The first-order chi connectivity index (χ1) is 7.61. The Morgan fingerprint density at radius 1 is 1.50 bits per heavy atom. The van der Waals surface area contributed by atoms with Crippen molar-refractivity contribution in [3.05, 3.63) is 28.2 Å². The van der Waals surface area contributed by atoms with E-state index in [2.05, 4.69) is 31.9 Å². The maximum absolute atomic E-state index is 11.6. The van der Waals surface area contributed by atoms with Crippen LogP contribution in [0.1, 0.15) is 5.56 Å². The number of benzene rings is 1. The Morgan fingerprint density at radius 2 is 2.25 bits per heavy atom. The zero-order valence-corrected chi connectivity index (χ0v) is 11.4. The largest absolute Gasteiger partial charge is 0.426 e. The molecule has 0 bridgehead atoms. The quantitative estimate of drug-likeness (QED) is 0.357. The Hall–Kier alpha value is -0.680. The molecule has 1 aromatic carbocycles. The molecule has 0 fully saturated rings. The van der Waals surface area contributed by atoms with E-state index in [0.717, 1.165) is 10.0 Å². The second-order valence-corrected chi connectivity index (χ2v) is 5.01. The van der Waals surface area contributed by atoms with Gasteiger partial charge in [-0.15, -0.1) is 0 Å². The van der Waals surface area contributed by atoms with Crippen LogP contribution in [0, 0.1) is 5.92 Å². The van der Waals surface area contributed by atoms with Gasteiger partial charge in [-0.3, -0.25) is 9.59 Å². The molecule has 0 radical (unpaired) electrons. The van der Waals surface area contributed by atoms with Gasteiger partial charge < -0.3 is 4.74 Å². The van der Waals surface area contributed by atoms with Gasteiger partial charge in [-0.25, -0.2) is 0 Å². The number of ether oxygens (including phenoxy) is 1. The van der Waals surface area contributed by atoms with Crippen molar-refractivity contribution < 1.29 is 14.3 Å². The van der Waals surface area contributed by atoms with Crippen LogP contribution in [0.15, 0.2) is 22.7 Å². The number of fused-ring (bicyclic) bond motifs is 1. The summed E-state index contributed by atoms with van der Waals surface area (Å²) in [4.78, 5) is 23.1. The smallest absolute Gasteiger partial charge is 0.322 e. The van der Waals surface area contributed by atoms with Crippen molar-refractivity contribution in [1.82, 2.24) is 0 Å².